The highest BCUT2D eigenvalue weighted by atomic mass is 35.5. The van der Waals surface area contributed by atoms with Crippen molar-refractivity contribution in [3.63, 3.8) is 0 Å². The second-order valence-electron chi connectivity index (χ2n) is 5.51. The molecule has 1 amide bonds. The van der Waals surface area contributed by atoms with Crippen molar-refractivity contribution in [3.05, 3.63) is 77.0 Å². The lowest BCUT2D eigenvalue weighted by molar-refractivity contribution is 0.0779. The molecule has 0 fully saturated rings. The molecule has 3 rings (SSSR count). The summed E-state index contributed by atoms with van der Waals surface area (Å²) in [6.45, 7) is 0.363. The number of nitrogens with zero attached hydrogens (tertiary/aromatic N) is 3. The van der Waals surface area contributed by atoms with E-state index in [-0.39, 0.29) is 29.1 Å². The Kier molecular flexibility index (Phi) is 5.48. The van der Waals surface area contributed by atoms with Crippen LogP contribution in [-0.4, -0.2) is 27.8 Å². The van der Waals surface area contributed by atoms with Crippen LogP contribution >= 0.6 is 11.6 Å². The van der Waals surface area contributed by atoms with Crippen LogP contribution in [0.4, 0.5) is 4.39 Å². The summed E-state index contributed by atoms with van der Waals surface area (Å²) in [6.07, 6.45) is 4.63. The van der Waals surface area contributed by atoms with Gasteiger partial charge in [0.15, 0.2) is 12.3 Å². The van der Waals surface area contributed by atoms with Crippen molar-refractivity contribution in [3.8, 4) is 5.75 Å². The van der Waals surface area contributed by atoms with E-state index < -0.39 is 5.82 Å². The second kappa shape index (κ2) is 7.97. The Hall–Kier alpha value is -2.93. The van der Waals surface area contributed by atoms with E-state index in [0.29, 0.717) is 12.3 Å². The molecule has 3 aromatic rings. The molecule has 134 valence electrons. The monoisotopic (exact) mass is 375 g/mol. The summed E-state index contributed by atoms with van der Waals surface area (Å²) in [5.74, 6) is -0.233. The summed E-state index contributed by atoms with van der Waals surface area (Å²) >= 11 is 5.89. The van der Waals surface area contributed by atoms with Crippen LogP contribution in [0.25, 0.3) is 0 Å². The second-order valence-corrected chi connectivity index (χ2v) is 5.92. The van der Waals surface area contributed by atoms with Crippen LogP contribution in [-0.2, 0) is 13.2 Å². The van der Waals surface area contributed by atoms with E-state index in [1.807, 2.05) is 6.07 Å². The van der Waals surface area contributed by atoms with E-state index in [1.165, 1.54) is 23.3 Å². The van der Waals surface area contributed by atoms with Gasteiger partial charge < -0.3 is 14.1 Å². The summed E-state index contributed by atoms with van der Waals surface area (Å²) in [5, 5.41) is 0.143. The summed E-state index contributed by atoms with van der Waals surface area (Å²) in [7, 11) is 1.67. The van der Waals surface area contributed by atoms with Crippen LogP contribution in [0.3, 0.4) is 0 Å². The number of rotatable bonds is 6. The highest BCUT2D eigenvalue weighted by molar-refractivity contribution is 6.32. The van der Waals surface area contributed by atoms with Crippen LogP contribution in [0.2, 0.25) is 5.02 Å². The first-order valence-corrected chi connectivity index (χ1v) is 8.07. The molecule has 0 radical (unpaired) electrons. The third-order valence-corrected chi connectivity index (χ3v) is 3.80. The van der Waals surface area contributed by atoms with Crippen molar-refractivity contribution in [1.82, 2.24) is 14.9 Å². The fraction of sp³-hybridized carbons (Fsp3) is 0.167. The predicted octanol–water partition coefficient (Wildman–Crippen LogP) is 3.71. The topological polar surface area (TPSA) is 68.5 Å². The van der Waals surface area contributed by atoms with Crippen molar-refractivity contribution in [2.75, 3.05) is 7.05 Å². The molecule has 2 aromatic heterocycles. The van der Waals surface area contributed by atoms with Crippen LogP contribution in [0.1, 0.15) is 21.9 Å². The third kappa shape index (κ3) is 4.37. The Morgan fingerprint density at radius 3 is 2.96 bits per heavy atom. The zero-order valence-corrected chi connectivity index (χ0v) is 14.6. The normalized spacial score (nSPS) is 10.6. The number of pyridine rings is 1. The molecule has 1 aromatic carbocycles. The standard InChI is InChI=1S/C18H15ClFN3O3/c1-23(9-12-3-2-6-21-8-12)18(24)15-10-26-17(22-15)11-25-16-5-4-13(20)7-14(16)19/h2-8,10H,9,11H2,1H3. The number of hydrogen-bond donors (Lipinski definition) is 0. The average Bonchev–Trinajstić information content (AvgIpc) is 3.10. The maximum atomic E-state index is 13.0. The van der Waals surface area contributed by atoms with Gasteiger partial charge in [-0.2, -0.15) is 0 Å². The zero-order chi connectivity index (χ0) is 18.5. The fourth-order valence-electron chi connectivity index (χ4n) is 2.24. The van der Waals surface area contributed by atoms with Gasteiger partial charge in [-0.1, -0.05) is 17.7 Å². The molecule has 0 bridgehead atoms. The van der Waals surface area contributed by atoms with Crippen molar-refractivity contribution in [2.45, 2.75) is 13.2 Å². The van der Waals surface area contributed by atoms with E-state index in [4.69, 9.17) is 20.8 Å². The first-order chi connectivity index (χ1) is 12.5. The van der Waals surface area contributed by atoms with E-state index >= 15 is 0 Å². The quantitative estimate of drug-likeness (QED) is 0.657. The molecule has 0 saturated carbocycles. The molecule has 0 aliphatic heterocycles. The molecule has 0 unspecified atom stereocenters. The van der Waals surface area contributed by atoms with Gasteiger partial charge in [0.05, 0.1) is 5.02 Å². The lowest BCUT2D eigenvalue weighted by atomic mass is 10.2. The summed E-state index contributed by atoms with van der Waals surface area (Å²) in [6, 6.07) is 7.48. The highest BCUT2D eigenvalue weighted by Crippen LogP contribution is 2.25. The van der Waals surface area contributed by atoms with E-state index in [9.17, 15) is 9.18 Å². The smallest absolute Gasteiger partial charge is 0.275 e. The van der Waals surface area contributed by atoms with Crippen molar-refractivity contribution in [1.29, 1.82) is 0 Å². The Morgan fingerprint density at radius 1 is 1.38 bits per heavy atom. The Labute approximate surface area is 154 Å². The Morgan fingerprint density at radius 2 is 2.23 bits per heavy atom. The van der Waals surface area contributed by atoms with E-state index in [0.717, 1.165) is 11.6 Å². The zero-order valence-electron chi connectivity index (χ0n) is 13.9. The van der Waals surface area contributed by atoms with Gasteiger partial charge >= 0.3 is 0 Å². The van der Waals surface area contributed by atoms with Crippen molar-refractivity contribution in [2.24, 2.45) is 0 Å². The van der Waals surface area contributed by atoms with Crippen LogP contribution < -0.4 is 4.74 Å². The number of hydrogen-bond acceptors (Lipinski definition) is 5. The number of carbonyl (C=O) groups excluding carboxylic acids is 1. The SMILES string of the molecule is CN(Cc1cccnc1)C(=O)c1coc(COc2ccc(F)cc2Cl)n1. The molecule has 6 nitrogen and oxygen atoms in total. The molecule has 0 aliphatic carbocycles. The Balaban J connectivity index is 1.60. The predicted molar refractivity (Wildman–Crippen MR) is 92.3 cm³/mol. The number of carbonyl (C=O) groups is 1. The van der Waals surface area contributed by atoms with E-state index in [1.54, 1.807) is 25.5 Å². The molecular formula is C18H15ClFN3O3. The lowest BCUT2D eigenvalue weighted by Gasteiger charge is -2.15. The maximum Gasteiger partial charge on any atom is 0.275 e. The van der Waals surface area contributed by atoms with Gasteiger partial charge in [0.25, 0.3) is 5.91 Å². The Bertz CT molecular complexity index is 902. The number of amides is 1. The van der Waals surface area contributed by atoms with Crippen LogP contribution in [0.5, 0.6) is 5.75 Å². The summed E-state index contributed by atoms with van der Waals surface area (Å²) in [5.41, 5.74) is 1.07. The summed E-state index contributed by atoms with van der Waals surface area (Å²) in [4.78, 5) is 22.1. The van der Waals surface area contributed by atoms with Gasteiger partial charge in [-0.15, -0.1) is 0 Å². The largest absolute Gasteiger partial charge is 0.482 e. The van der Waals surface area contributed by atoms with Gasteiger partial charge in [0, 0.05) is 26.0 Å². The lowest BCUT2D eigenvalue weighted by Crippen LogP contribution is -2.26. The molecule has 0 saturated heterocycles. The van der Waals surface area contributed by atoms with E-state index in [2.05, 4.69) is 9.97 Å². The minimum Gasteiger partial charge on any atom is -0.482 e. The third-order valence-electron chi connectivity index (χ3n) is 3.51. The van der Waals surface area contributed by atoms with Crippen molar-refractivity contribution >= 4 is 17.5 Å². The molecule has 0 atom stereocenters. The number of ether oxygens (including phenoxy) is 1. The van der Waals surface area contributed by atoms with Gasteiger partial charge in [0.2, 0.25) is 5.89 Å². The molecular weight excluding hydrogens is 361 g/mol. The van der Waals surface area contributed by atoms with Gasteiger partial charge in [-0.05, 0) is 29.8 Å². The van der Waals surface area contributed by atoms with Crippen LogP contribution in [0, 0.1) is 5.82 Å². The van der Waals surface area contributed by atoms with Gasteiger partial charge in [-0.3, -0.25) is 9.78 Å². The number of aromatic nitrogens is 2. The minimum atomic E-state index is -0.456. The number of benzene rings is 1. The molecule has 8 heteroatoms. The average molecular weight is 376 g/mol. The minimum absolute atomic E-state index is 0.0368. The number of halogens is 2. The molecule has 0 N–H and O–H groups in total. The first kappa shape index (κ1) is 17.9. The molecule has 26 heavy (non-hydrogen) atoms. The molecule has 2 heterocycles. The van der Waals surface area contributed by atoms with Crippen LogP contribution in [0.15, 0.2) is 53.4 Å². The fourth-order valence-corrected chi connectivity index (χ4v) is 2.46. The molecule has 0 aliphatic rings. The van der Waals surface area contributed by atoms with Crippen molar-refractivity contribution < 1.29 is 18.3 Å². The van der Waals surface area contributed by atoms with Gasteiger partial charge in [-0.25, -0.2) is 9.37 Å². The molecule has 0 spiro atoms. The summed E-state index contributed by atoms with van der Waals surface area (Å²) < 4.78 is 23.7. The van der Waals surface area contributed by atoms with Gasteiger partial charge in [0.1, 0.15) is 17.8 Å². The highest BCUT2D eigenvalue weighted by Gasteiger charge is 2.17. The maximum absolute atomic E-state index is 13.0. The number of oxazole rings is 1. The first-order valence-electron chi connectivity index (χ1n) is 7.69.